The molecule has 1 amide bonds. The molecule has 0 radical (unpaired) electrons. The van der Waals surface area contributed by atoms with Crippen molar-refractivity contribution in [1.29, 1.82) is 0 Å². The lowest BCUT2D eigenvalue weighted by molar-refractivity contribution is -0.153. The minimum Gasteiger partial charge on any atom is -0.484 e. The van der Waals surface area contributed by atoms with Crippen molar-refractivity contribution in [3.63, 3.8) is 0 Å². The Morgan fingerprint density at radius 1 is 0.929 bits per heavy atom. The van der Waals surface area contributed by atoms with Gasteiger partial charge in [-0.15, -0.1) is 0 Å². The third-order valence-corrected chi connectivity index (χ3v) is 3.49. The summed E-state index contributed by atoms with van der Waals surface area (Å²) >= 11 is 0. The predicted octanol–water partition coefficient (Wildman–Crippen LogP) is 5.07. The number of pyridine rings is 1. The lowest BCUT2D eigenvalue weighted by Gasteiger charge is -2.11. The Kier molecular flexibility index (Phi) is 5.78. The molecule has 3 aromatic rings. The van der Waals surface area contributed by atoms with Crippen LogP contribution in [0.15, 0.2) is 72.9 Å². The molecule has 1 aromatic heterocycles. The zero-order valence-corrected chi connectivity index (χ0v) is 14.4. The topological polar surface area (TPSA) is 60.5 Å². The highest BCUT2D eigenvalue weighted by Crippen LogP contribution is 2.24. The molecule has 0 saturated carbocycles. The number of ether oxygens (including phenoxy) is 2. The molecule has 0 spiro atoms. The minimum absolute atomic E-state index is 0.0461. The first-order chi connectivity index (χ1) is 13.4. The molecule has 3 rings (SSSR count). The third kappa shape index (κ3) is 5.47. The zero-order valence-electron chi connectivity index (χ0n) is 14.4. The fraction of sp³-hybridized carbons (Fsp3) is 0.100. The number of rotatable bonds is 6. The molecule has 0 fully saturated rings. The van der Waals surface area contributed by atoms with Gasteiger partial charge >= 0.3 is 6.18 Å². The van der Waals surface area contributed by atoms with Crippen LogP contribution in [-0.4, -0.2) is 23.7 Å². The number of alkyl halides is 3. The number of hydrogen-bond acceptors (Lipinski definition) is 4. The lowest BCUT2D eigenvalue weighted by Crippen LogP contribution is -2.19. The fourth-order valence-electron chi connectivity index (χ4n) is 2.24. The normalized spacial score (nSPS) is 11.0. The van der Waals surface area contributed by atoms with Gasteiger partial charge in [-0.3, -0.25) is 4.79 Å². The number of carbonyl (C=O) groups is 1. The van der Waals surface area contributed by atoms with Crippen LogP contribution in [0.1, 0.15) is 10.4 Å². The van der Waals surface area contributed by atoms with Crippen molar-refractivity contribution in [2.24, 2.45) is 0 Å². The summed E-state index contributed by atoms with van der Waals surface area (Å²) in [6.45, 7) is -1.38. The first kappa shape index (κ1) is 19.2. The quantitative estimate of drug-likeness (QED) is 0.641. The van der Waals surface area contributed by atoms with Gasteiger partial charge in [0.25, 0.3) is 5.91 Å². The van der Waals surface area contributed by atoms with Crippen molar-refractivity contribution in [3.8, 4) is 17.4 Å². The van der Waals surface area contributed by atoms with E-state index < -0.39 is 18.7 Å². The highest BCUT2D eigenvalue weighted by Gasteiger charge is 2.28. The molecular formula is C20H15F3N2O3. The average molecular weight is 388 g/mol. The second kappa shape index (κ2) is 8.43. The molecule has 28 heavy (non-hydrogen) atoms. The molecule has 0 aliphatic heterocycles. The van der Waals surface area contributed by atoms with Crippen molar-refractivity contribution < 1.29 is 27.4 Å². The molecule has 144 valence electrons. The van der Waals surface area contributed by atoms with Gasteiger partial charge in [-0.1, -0.05) is 18.2 Å². The Hall–Kier alpha value is -3.55. The highest BCUT2D eigenvalue weighted by molar-refractivity contribution is 6.05. The van der Waals surface area contributed by atoms with E-state index in [0.29, 0.717) is 11.4 Å². The fourth-order valence-corrected chi connectivity index (χ4v) is 2.24. The summed E-state index contributed by atoms with van der Waals surface area (Å²) in [5.74, 6) is 0.241. The summed E-state index contributed by atoms with van der Waals surface area (Å²) in [6.07, 6.45) is -2.91. The number of para-hydroxylation sites is 1. The van der Waals surface area contributed by atoms with Crippen LogP contribution in [-0.2, 0) is 0 Å². The van der Waals surface area contributed by atoms with Gasteiger partial charge < -0.3 is 14.8 Å². The van der Waals surface area contributed by atoms with Crippen LogP contribution in [0.2, 0.25) is 0 Å². The summed E-state index contributed by atoms with van der Waals surface area (Å²) in [5, 5.41) is 2.65. The molecule has 0 unspecified atom stereocenters. The number of nitrogens with one attached hydrogen (secondary N) is 1. The molecule has 1 N–H and O–H groups in total. The number of nitrogens with zero attached hydrogens (tertiary/aromatic N) is 1. The third-order valence-electron chi connectivity index (χ3n) is 3.49. The van der Waals surface area contributed by atoms with E-state index in [-0.39, 0.29) is 17.2 Å². The van der Waals surface area contributed by atoms with Gasteiger partial charge in [0.1, 0.15) is 17.1 Å². The number of carbonyl (C=O) groups excluding carboxylic acids is 1. The Morgan fingerprint density at radius 2 is 1.64 bits per heavy atom. The summed E-state index contributed by atoms with van der Waals surface area (Å²) in [6, 6.07) is 17.6. The summed E-state index contributed by atoms with van der Waals surface area (Å²) in [5.41, 5.74) is 0.600. The Bertz CT molecular complexity index is 929. The Labute approximate surface area is 158 Å². The van der Waals surface area contributed by atoms with E-state index in [4.69, 9.17) is 4.74 Å². The second-order valence-corrected chi connectivity index (χ2v) is 5.65. The maximum absolute atomic E-state index is 12.6. The van der Waals surface area contributed by atoms with E-state index in [2.05, 4.69) is 15.0 Å². The zero-order chi connectivity index (χ0) is 20.0. The SMILES string of the molecule is O=C(Nc1ccc(OCC(F)(F)F)cc1)c1cccnc1Oc1ccccc1. The summed E-state index contributed by atoms with van der Waals surface area (Å²) < 4.78 is 46.8. The van der Waals surface area contributed by atoms with Crippen molar-refractivity contribution in [1.82, 2.24) is 4.98 Å². The van der Waals surface area contributed by atoms with Gasteiger partial charge in [0.2, 0.25) is 5.88 Å². The lowest BCUT2D eigenvalue weighted by atomic mass is 10.2. The van der Waals surface area contributed by atoms with Gasteiger partial charge in [-0.05, 0) is 48.5 Å². The van der Waals surface area contributed by atoms with Crippen LogP contribution in [0, 0.1) is 0 Å². The molecular weight excluding hydrogens is 373 g/mol. The molecule has 1 heterocycles. The van der Waals surface area contributed by atoms with Gasteiger partial charge in [-0.25, -0.2) is 4.98 Å². The van der Waals surface area contributed by atoms with Crippen LogP contribution in [0.3, 0.4) is 0 Å². The Balaban J connectivity index is 1.68. The maximum Gasteiger partial charge on any atom is 0.422 e. The molecule has 2 aromatic carbocycles. The van der Waals surface area contributed by atoms with Crippen molar-refractivity contribution in [3.05, 3.63) is 78.5 Å². The van der Waals surface area contributed by atoms with Gasteiger partial charge in [0, 0.05) is 11.9 Å². The standard InChI is InChI=1S/C20H15F3N2O3/c21-20(22,23)13-27-15-10-8-14(9-11-15)25-18(26)17-7-4-12-24-19(17)28-16-5-2-1-3-6-16/h1-12H,13H2,(H,25,26). The van der Waals surface area contributed by atoms with Crippen molar-refractivity contribution in [2.45, 2.75) is 6.18 Å². The molecule has 0 bridgehead atoms. The monoisotopic (exact) mass is 388 g/mol. The van der Waals surface area contributed by atoms with Crippen molar-refractivity contribution in [2.75, 3.05) is 11.9 Å². The smallest absolute Gasteiger partial charge is 0.422 e. The number of benzene rings is 2. The van der Waals surface area contributed by atoms with Gasteiger partial charge in [0.15, 0.2) is 6.61 Å². The van der Waals surface area contributed by atoms with Gasteiger partial charge in [0.05, 0.1) is 0 Å². The molecule has 0 saturated heterocycles. The van der Waals surface area contributed by atoms with E-state index in [0.717, 1.165) is 0 Å². The van der Waals surface area contributed by atoms with Crippen LogP contribution in [0.5, 0.6) is 17.4 Å². The van der Waals surface area contributed by atoms with E-state index in [9.17, 15) is 18.0 Å². The molecule has 0 aliphatic rings. The summed E-state index contributed by atoms with van der Waals surface area (Å²) in [7, 11) is 0. The van der Waals surface area contributed by atoms with E-state index >= 15 is 0 Å². The van der Waals surface area contributed by atoms with Crippen LogP contribution in [0.4, 0.5) is 18.9 Å². The van der Waals surface area contributed by atoms with E-state index in [1.807, 2.05) is 6.07 Å². The maximum atomic E-state index is 12.6. The number of aromatic nitrogens is 1. The molecule has 8 heteroatoms. The highest BCUT2D eigenvalue weighted by atomic mass is 19.4. The predicted molar refractivity (Wildman–Crippen MR) is 96.7 cm³/mol. The van der Waals surface area contributed by atoms with E-state index in [1.165, 1.54) is 30.5 Å². The van der Waals surface area contributed by atoms with Crippen LogP contribution >= 0.6 is 0 Å². The number of halogens is 3. The molecule has 5 nitrogen and oxygen atoms in total. The first-order valence-corrected chi connectivity index (χ1v) is 8.19. The summed E-state index contributed by atoms with van der Waals surface area (Å²) in [4.78, 5) is 16.6. The minimum atomic E-state index is -4.41. The van der Waals surface area contributed by atoms with Gasteiger partial charge in [-0.2, -0.15) is 13.2 Å². The average Bonchev–Trinajstić information content (AvgIpc) is 2.68. The van der Waals surface area contributed by atoms with Crippen LogP contribution < -0.4 is 14.8 Å². The molecule has 0 atom stereocenters. The first-order valence-electron chi connectivity index (χ1n) is 8.19. The Morgan fingerprint density at radius 3 is 2.32 bits per heavy atom. The second-order valence-electron chi connectivity index (χ2n) is 5.65. The van der Waals surface area contributed by atoms with E-state index in [1.54, 1.807) is 36.4 Å². The largest absolute Gasteiger partial charge is 0.484 e. The van der Waals surface area contributed by atoms with Crippen molar-refractivity contribution >= 4 is 11.6 Å². The number of amides is 1. The number of anilines is 1. The number of hydrogen-bond donors (Lipinski definition) is 1. The molecule has 0 aliphatic carbocycles. The van der Waals surface area contributed by atoms with Crippen LogP contribution in [0.25, 0.3) is 0 Å².